The van der Waals surface area contributed by atoms with E-state index in [1.54, 1.807) is 12.1 Å². The first-order valence-electron chi connectivity index (χ1n) is 8.14. The number of piperidine rings is 1. The summed E-state index contributed by atoms with van der Waals surface area (Å²) in [7, 11) is 2.04. The average Bonchev–Trinajstić information content (AvgIpc) is 2.92. The summed E-state index contributed by atoms with van der Waals surface area (Å²) in [6.45, 7) is 3.16. The minimum atomic E-state index is -0.0665. The van der Waals surface area contributed by atoms with Gasteiger partial charge in [0, 0.05) is 26.0 Å². The van der Waals surface area contributed by atoms with Gasteiger partial charge < -0.3 is 4.57 Å². The summed E-state index contributed by atoms with van der Waals surface area (Å²) < 4.78 is 15.8. The van der Waals surface area contributed by atoms with Crippen LogP contribution in [0.1, 0.15) is 30.7 Å². The minimum absolute atomic E-state index is 0.0665. The molecule has 2 heterocycles. The molecule has 118 valence electrons. The summed E-state index contributed by atoms with van der Waals surface area (Å²) in [6.07, 6.45) is 8.24. The lowest BCUT2D eigenvalue weighted by Crippen LogP contribution is -2.35. The van der Waals surface area contributed by atoms with Gasteiger partial charge in [0.2, 0.25) is 0 Å². The van der Waals surface area contributed by atoms with Gasteiger partial charge in [-0.25, -0.2) is 9.37 Å². The van der Waals surface area contributed by atoms with Crippen LogP contribution >= 0.6 is 0 Å². The van der Waals surface area contributed by atoms with Crippen LogP contribution in [-0.2, 0) is 20.0 Å². The molecule has 1 aromatic carbocycles. The fourth-order valence-electron chi connectivity index (χ4n) is 3.34. The SMILES string of the molecule is Cn1ccnc1CN1CCCC(CCc2ccccc2F)C1. The van der Waals surface area contributed by atoms with E-state index in [9.17, 15) is 4.39 Å². The molecule has 4 heteroatoms. The van der Waals surface area contributed by atoms with Crippen LogP contribution in [0.4, 0.5) is 4.39 Å². The molecule has 1 unspecified atom stereocenters. The Balaban J connectivity index is 1.52. The molecule has 1 atom stereocenters. The highest BCUT2D eigenvalue weighted by atomic mass is 19.1. The van der Waals surface area contributed by atoms with Crippen LogP contribution in [0.3, 0.4) is 0 Å². The van der Waals surface area contributed by atoms with E-state index < -0.39 is 0 Å². The molecule has 0 saturated carbocycles. The Morgan fingerprint density at radius 2 is 2.18 bits per heavy atom. The van der Waals surface area contributed by atoms with E-state index in [-0.39, 0.29) is 5.82 Å². The molecule has 0 N–H and O–H groups in total. The lowest BCUT2D eigenvalue weighted by atomic mass is 9.91. The maximum Gasteiger partial charge on any atom is 0.126 e. The smallest absolute Gasteiger partial charge is 0.126 e. The molecule has 0 aliphatic carbocycles. The Morgan fingerprint density at radius 1 is 1.32 bits per heavy atom. The van der Waals surface area contributed by atoms with E-state index in [1.807, 2.05) is 31.6 Å². The highest BCUT2D eigenvalue weighted by Gasteiger charge is 2.21. The zero-order valence-corrected chi connectivity index (χ0v) is 13.2. The zero-order valence-electron chi connectivity index (χ0n) is 13.2. The maximum absolute atomic E-state index is 13.7. The van der Waals surface area contributed by atoms with E-state index in [2.05, 4.69) is 14.5 Å². The van der Waals surface area contributed by atoms with Crippen LogP contribution in [0.2, 0.25) is 0 Å². The topological polar surface area (TPSA) is 21.1 Å². The van der Waals surface area contributed by atoms with Gasteiger partial charge in [-0.1, -0.05) is 18.2 Å². The highest BCUT2D eigenvalue weighted by Crippen LogP contribution is 2.23. The van der Waals surface area contributed by atoms with Crippen LogP contribution in [-0.4, -0.2) is 27.5 Å². The van der Waals surface area contributed by atoms with Gasteiger partial charge in [-0.15, -0.1) is 0 Å². The van der Waals surface area contributed by atoms with Crippen molar-refractivity contribution in [2.75, 3.05) is 13.1 Å². The predicted molar refractivity (Wildman–Crippen MR) is 85.9 cm³/mol. The number of nitrogens with zero attached hydrogens (tertiary/aromatic N) is 3. The molecule has 0 spiro atoms. The second-order valence-corrected chi connectivity index (χ2v) is 6.33. The number of likely N-dealkylation sites (tertiary alicyclic amines) is 1. The molecule has 1 saturated heterocycles. The van der Waals surface area contributed by atoms with Crippen LogP contribution in [0.15, 0.2) is 36.7 Å². The Morgan fingerprint density at radius 3 is 2.95 bits per heavy atom. The molecular weight excluding hydrogens is 277 g/mol. The average molecular weight is 301 g/mol. The van der Waals surface area contributed by atoms with Crippen LogP contribution in [0.25, 0.3) is 0 Å². The Bertz CT molecular complexity index is 608. The number of rotatable bonds is 5. The fourth-order valence-corrected chi connectivity index (χ4v) is 3.34. The molecule has 2 aromatic rings. The molecule has 22 heavy (non-hydrogen) atoms. The predicted octanol–water partition coefficient (Wildman–Crippen LogP) is 3.40. The second-order valence-electron chi connectivity index (χ2n) is 6.33. The molecule has 1 aliphatic heterocycles. The third kappa shape index (κ3) is 3.74. The summed E-state index contributed by atoms with van der Waals surface area (Å²) in [4.78, 5) is 6.90. The van der Waals surface area contributed by atoms with Crippen molar-refractivity contribution < 1.29 is 4.39 Å². The maximum atomic E-state index is 13.7. The van der Waals surface area contributed by atoms with Crippen molar-refractivity contribution in [2.24, 2.45) is 13.0 Å². The monoisotopic (exact) mass is 301 g/mol. The minimum Gasteiger partial charge on any atom is -0.337 e. The molecule has 1 aromatic heterocycles. The summed E-state index contributed by atoms with van der Waals surface area (Å²) in [5, 5.41) is 0. The van der Waals surface area contributed by atoms with Crippen LogP contribution < -0.4 is 0 Å². The third-order valence-corrected chi connectivity index (χ3v) is 4.67. The quantitative estimate of drug-likeness (QED) is 0.844. The Labute approximate surface area is 131 Å². The van der Waals surface area contributed by atoms with Gasteiger partial charge in [0.05, 0.1) is 6.54 Å². The molecule has 0 radical (unpaired) electrons. The van der Waals surface area contributed by atoms with Crippen molar-refractivity contribution >= 4 is 0 Å². The third-order valence-electron chi connectivity index (χ3n) is 4.67. The normalized spacial score (nSPS) is 19.5. The summed E-state index contributed by atoms with van der Waals surface area (Å²) in [5.74, 6) is 1.71. The summed E-state index contributed by atoms with van der Waals surface area (Å²) >= 11 is 0. The standard InChI is InChI=1S/C18H24FN3/c1-21-12-10-20-18(21)14-22-11-4-5-15(13-22)8-9-16-6-2-3-7-17(16)19/h2-3,6-7,10,12,15H,4-5,8-9,11,13-14H2,1H3. The summed E-state index contributed by atoms with van der Waals surface area (Å²) in [5.41, 5.74) is 0.851. The van der Waals surface area contributed by atoms with Gasteiger partial charge in [-0.05, 0) is 49.8 Å². The van der Waals surface area contributed by atoms with E-state index in [0.29, 0.717) is 5.92 Å². The first kappa shape index (κ1) is 15.2. The second kappa shape index (κ2) is 7.05. The number of aromatic nitrogens is 2. The summed E-state index contributed by atoms with van der Waals surface area (Å²) in [6, 6.07) is 7.15. The van der Waals surface area contributed by atoms with Crippen LogP contribution in [0, 0.1) is 11.7 Å². The van der Waals surface area contributed by atoms with Gasteiger partial charge in [0.1, 0.15) is 11.6 Å². The van der Waals surface area contributed by atoms with Gasteiger partial charge in [-0.2, -0.15) is 0 Å². The van der Waals surface area contributed by atoms with Crippen LogP contribution in [0.5, 0.6) is 0 Å². The number of hydrogen-bond donors (Lipinski definition) is 0. The Kier molecular flexibility index (Phi) is 4.88. The molecule has 1 fully saturated rings. The van der Waals surface area contributed by atoms with Crippen molar-refractivity contribution in [2.45, 2.75) is 32.2 Å². The molecule has 0 amide bonds. The number of benzene rings is 1. The molecule has 3 nitrogen and oxygen atoms in total. The van der Waals surface area contributed by atoms with E-state index >= 15 is 0 Å². The highest BCUT2D eigenvalue weighted by molar-refractivity contribution is 5.17. The van der Waals surface area contributed by atoms with Gasteiger partial charge in [0.15, 0.2) is 0 Å². The Hall–Kier alpha value is -1.68. The number of imidazole rings is 1. The van der Waals surface area contributed by atoms with E-state index in [4.69, 9.17) is 0 Å². The van der Waals surface area contributed by atoms with E-state index in [0.717, 1.165) is 43.9 Å². The molecule has 0 bridgehead atoms. The fraction of sp³-hybridized carbons (Fsp3) is 0.500. The van der Waals surface area contributed by atoms with Crippen molar-refractivity contribution in [3.63, 3.8) is 0 Å². The van der Waals surface area contributed by atoms with Crippen molar-refractivity contribution in [3.05, 3.63) is 53.9 Å². The zero-order chi connectivity index (χ0) is 15.4. The van der Waals surface area contributed by atoms with Gasteiger partial charge in [-0.3, -0.25) is 4.90 Å². The van der Waals surface area contributed by atoms with Gasteiger partial charge in [0.25, 0.3) is 0 Å². The first-order chi connectivity index (χ1) is 10.7. The first-order valence-corrected chi connectivity index (χ1v) is 8.14. The van der Waals surface area contributed by atoms with Crippen molar-refractivity contribution in [3.8, 4) is 0 Å². The molecule has 1 aliphatic rings. The van der Waals surface area contributed by atoms with Gasteiger partial charge >= 0.3 is 0 Å². The number of halogens is 1. The van der Waals surface area contributed by atoms with E-state index in [1.165, 1.54) is 12.8 Å². The van der Waals surface area contributed by atoms with Crippen molar-refractivity contribution in [1.29, 1.82) is 0 Å². The number of aryl methyl sites for hydroxylation is 2. The lowest BCUT2D eigenvalue weighted by molar-refractivity contribution is 0.157. The molecular formula is C18H24FN3. The largest absolute Gasteiger partial charge is 0.337 e. The lowest BCUT2D eigenvalue weighted by Gasteiger charge is -2.32. The van der Waals surface area contributed by atoms with Crippen molar-refractivity contribution in [1.82, 2.24) is 14.5 Å². The molecule has 3 rings (SSSR count). The number of hydrogen-bond acceptors (Lipinski definition) is 2.